The van der Waals surface area contributed by atoms with Gasteiger partial charge in [-0.15, -0.1) is 0 Å². The van der Waals surface area contributed by atoms with Gasteiger partial charge in [-0.05, 0) is 44.6 Å². The highest BCUT2D eigenvalue weighted by atomic mass is 79.9. The highest BCUT2D eigenvalue weighted by Crippen LogP contribution is 2.41. The van der Waals surface area contributed by atoms with Crippen molar-refractivity contribution in [3.8, 4) is 0 Å². The number of fused-ring (bicyclic) bond motifs is 3. The van der Waals surface area contributed by atoms with E-state index in [1.54, 1.807) is 0 Å². The van der Waals surface area contributed by atoms with E-state index < -0.39 is 0 Å². The first-order chi connectivity index (χ1) is 12.4. The van der Waals surface area contributed by atoms with E-state index in [1.807, 2.05) is 24.4 Å². The average Bonchev–Trinajstić information content (AvgIpc) is 3.11. The zero-order chi connectivity index (χ0) is 18.3. The molecule has 1 aromatic carbocycles. The topological polar surface area (TPSA) is 46.8 Å². The zero-order valence-corrected chi connectivity index (χ0v) is 16.8. The Bertz CT molecular complexity index is 885. The Labute approximate surface area is 162 Å². The van der Waals surface area contributed by atoms with Gasteiger partial charge in [0.05, 0.1) is 5.69 Å². The maximum Gasteiger partial charge on any atom is 0.210 e. The van der Waals surface area contributed by atoms with Crippen LogP contribution in [0.5, 0.6) is 0 Å². The lowest BCUT2D eigenvalue weighted by Crippen LogP contribution is -2.34. The summed E-state index contributed by atoms with van der Waals surface area (Å²) in [5.41, 5.74) is 3.36. The number of benzene rings is 1. The quantitative estimate of drug-likeness (QED) is 0.539. The van der Waals surface area contributed by atoms with Crippen molar-refractivity contribution < 1.29 is 4.74 Å². The fourth-order valence-corrected chi connectivity index (χ4v) is 3.92. The van der Waals surface area contributed by atoms with Crippen molar-refractivity contribution in [2.45, 2.75) is 45.4 Å². The monoisotopic (exact) mass is 411 g/mol. The molecule has 26 heavy (non-hydrogen) atoms. The number of hydrogen-bond donors (Lipinski definition) is 0. The number of pyridine rings is 1. The van der Waals surface area contributed by atoms with E-state index in [4.69, 9.17) is 14.7 Å². The van der Waals surface area contributed by atoms with Crippen molar-refractivity contribution in [2.75, 3.05) is 0 Å². The molecule has 0 saturated carbocycles. The van der Waals surface area contributed by atoms with Gasteiger partial charge in [0, 0.05) is 12.6 Å². The van der Waals surface area contributed by atoms with E-state index in [2.05, 4.69) is 66.0 Å². The summed E-state index contributed by atoms with van der Waals surface area (Å²) in [5.74, 6) is 0.744. The third-order valence-electron chi connectivity index (χ3n) is 4.83. The molecule has 2 aliphatic rings. The van der Waals surface area contributed by atoms with E-state index in [-0.39, 0.29) is 23.6 Å². The summed E-state index contributed by atoms with van der Waals surface area (Å²) in [5, 5.41) is 0. The predicted octanol–water partition coefficient (Wildman–Crippen LogP) is 4.77. The van der Waals surface area contributed by atoms with Crippen molar-refractivity contribution >= 4 is 28.0 Å². The van der Waals surface area contributed by atoms with Crippen molar-refractivity contribution in [1.82, 2.24) is 4.98 Å². The summed E-state index contributed by atoms with van der Waals surface area (Å²) in [4.78, 5) is 14.2. The van der Waals surface area contributed by atoms with Crippen LogP contribution in [0.15, 0.2) is 57.1 Å². The molecule has 0 saturated heterocycles. The van der Waals surface area contributed by atoms with Crippen LogP contribution in [-0.2, 0) is 11.2 Å². The standard InChI is InChI=1S/C21H22BrN3O/c1-21(2,3)19(23-12-14-8-6-10-17(22)24-14)20-25-18-15-9-5-4-7-13(15)11-16(18)26-20/h4-10,12,16,18-19H,11H2,1-3H3/t16-,18+,19+/m0/s1. The molecule has 0 fully saturated rings. The van der Waals surface area contributed by atoms with E-state index in [1.165, 1.54) is 11.1 Å². The first-order valence-corrected chi connectivity index (χ1v) is 9.69. The molecule has 1 aliphatic carbocycles. The van der Waals surface area contributed by atoms with Crippen molar-refractivity contribution in [3.05, 3.63) is 63.9 Å². The second kappa shape index (κ2) is 6.62. The molecular formula is C21H22BrN3O. The first-order valence-electron chi connectivity index (χ1n) is 8.90. The second-order valence-electron chi connectivity index (χ2n) is 7.90. The molecule has 2 aromatic rings. The van der Waals surface area contributed by atoms with Crippen LogP contribution in [0.25, 0.3) is 0 Å². The molecule has 5 heteroatoms. The number of nitrogens with zero attached hydrogens (tertiary/aromatic N) is 3. The molecule has 4 rings (SSSR count). The molecule has 134 valence electrons. The van der Waals surface area contributed by atoms with E-state index >= 15 is 0 Å². The summed E-state index contributed by atoms with van der Waals surface area (Å²) in [6.45, 7) is 6.49. The van der Waals surface area contributed by atoms with Crippen LogP contribution in [0.4, 0.5) is 0 Å². The molecule has 0 spiro atoms. The van der Waals surface area contributed by atoms with Gasteiger partial charge in [-0.1, -0.05) is 51.1 Å². The lowest BCUT2D eigenvalue weighted by atomic mass is 9.87. The van der Waals surface area contributed by atoms with Gasteiger partial charge in [-0.2, -0.15) is 0 Å². The van der Waals surface area contributed by atoms with Crippen LogP contribution < -0.4 is 0 Å². The van der Waals surface area contributed by atoms with E-state index in [9.17, 15) is 0 Å². The van der Waals surface area contributed by atoms with E-state index in [0.29, 0.717) is 0 Å². The highest BCUT2D eigenvalue weighted by molar-refractivity contribution is 9.10. The van der Waals surface area contributed by atoms with Gasteiger partial charge < -0.3 is 4.74 Å². The van der Waals surface area contributed by atoms with Crippen LogP contribution in [-0.4, -0.2) is 29.2 Å². The maximum atomic E-state index is 6.28. The minimum absolute atomic E-state index is 0.0977. The first kappa shape index (κ1) is 17.4. The zero-order valence-electron chi connectivity index (χ0n) is 15.2. The molecule has 0 radical (unpaired) electrons. The lowest BCUT2D eigenvalue weighted by Gasteiger charge is -2.27. The number of halogens is 1. The smallest absolute Gasteiger partial charge is 0.210 e. The Morgan fingerprint density at radius 1 is 1.19 bits per heavy atom. The Balaban J connectivity index is 1.63. The number of rotatable bonds is 3. The summed E-state index contributed by atoms with van der Waals surface area (Å²) >= 11 is 3.40. The van der Waals surface area contributed by atoms with Gasteiger partial charge in [0.1, 0.15) is 22.8 Å². The third kappa shape index (κ3) is 3.32. The SMILES string of the molecule is CC(C)(C)[C@H](N=Cc1cccc(Br)n1)C1=N[C@@H]2c3ccccc3C[C@@H]2O1. The van der Waals surface area contributed by atoms with Crippen molar-refractivity contribution in [1.29, 1.82) is 0 Å². The summed E-state index contributed by atoms with van der Waals surface area (Å²) < 4.78 is 7.08. The molecule has 4 nitrogen and oxygen atoms in total. The Kier molecular flexibility index (Phi) is 4.43. The highest BCUT2D eigenvalue weighted by Gasteiger charge is 2.43. The molecule has 1 aliphatic heterocycles. The predicted molar refractivity (Wildman–Crippen MR) is 108 cm³/mol. The summed E-state index contributed by atoms with van der Waals surface area (Å²) in [7, 11) is 0. The number of hydrogen-bond acceptors (Lipinski definition) is 4. The Morgan fingerprint density at radius 2 is 2.00 bits per heavy atom. The molecule has 0 N–H and O–H groups in total. The van der Waals surface area contributed by atoms with Gasteiger partial charge in [-0.25, -0.2) is 9.98 Å². The fraction of sp³-hybridized carbons (Fsp3) is 0.381. The Morgan fingerprint density at radius 3 is 2.77 bits per heavy atom. The minimum atomic E-state index is -0.138. The van der Waals surface area contributed by atoms with Crippen LogP contribution in [0.1, 0.15) is 43.6 Å². The number of ether oxygens (including phenoxy) is 1. The number of aromatic nitrogens is 1. The summed E-state index contributed by atoms with van der Waals surface area (Å²) in [6.07, 6.45) is 2.84. The summed E-state index contributed by atoms with van der Waals surface area (Å²) in [6, 6.07) is 14.3. The Hall–Kier alpha value is -2.01. The van der Waals surface area contributed by atoms with Gasteiger partial charge in [-0.3, -0.25) is 4.99 Å². The van der Waals surface area contributed by atoms with Crippen LogP contribution in [0.2, 0.25) is 0 Å². The van der Waals surface area contributed by atoms with Gasteiger partial charge in [0.15, 0.2) is 0 Å². The minimum Gasteiger partial charge on any atom is -0.473 e. The molecule has 1 aromatic heterocycles. The van der Waals surface area contributed by atoms with Gasteiger partial charge in [0.25, 0.3) is 0 Å². The normalized spacial score (nSPS) is 22.7. The maximum absolute atomic E-state index is 6.28. The average molecular weight is 412 g/mol. The second-order valence-corrected chi connectivity index (χ2v) is 8.72. The third-order valence-corrected chi connectivity index (χ3v) is 5.27. The lowest BCUT2D eigenvalue weighted by molar-refractivity contribution is 0.188. The molecule has 0 amide bonds. The molecule has 0 bridgehead atoms. The van der Waals surface area contributed by atoms with E-state index in [0.717, 1.165) is 22.6 Å². The number of aliphatic imine (C=N–C) groups is 2. The van der Waals surface area contributed by atoms with Crippen molar-refractivity contribution in [2.24, 2.45) is 15.4 Å². The van der Waals surface area contributed by atoms with Crippen LogP contribution >= 0.6 is 15.9 Å². The van der Waals surface area contributed by atoms with Crippen LogP contribution in [0, 0.1) is 5.41 Å². The fourth-order valence-electron chi connectivity index (χ4n) is 3.56. The van der Waals surface area contributed by atoms with Crippen LogP contribution in [0.3, 0.4) is 0 Å². The van der Waals surface area contributed by atoms with Gasteiger partial charge >= 0.3 is 0 Å². The molecular weight excluding hydrogens is 390 g/mol. The van der Waals surface area contributed by atoms with Crippen molar-refractivity contribution in [3.63, 3.8) is 0 Å². The largest absolute Gasteiger partial charge is 0.473 e. The van der Waals surface area contributed by atoms with Gasteiger partial charge in [0.2, 0.25) is 5.90 Å². The molecule has 3 atom stereocenters. The molecule has 0 unspecified atom stereocenters. The molecule has 2 heterocycles.